The van der Waals surface area contributed by atoms with Gasteiger partial charge in [0.05, 0.1) is 13.5 Å². The molecule has 0 fully saturated rings. The van der Waals surface area contributed by atoms with Gasteiger partial charge in [-0.1, -0.05) is 12.1 Å². The fourth-order valence-corrected chi connectivity index (χ4v) is 1.65. The lowest BCUT2D eigenvalue weighted by Gasteiger charge is -2.15. The van der Waals surface area contributed by atoms with Gasteiger partial charge in [-0.3, -0.25) is 9.59 Å². The molecular weight excluding hydrogens is 234 g/mol. The molecule has 1 aromatic carbocycles. The molecule has 0 heterocycles. The molecule has 0 aromatic heterocycles. The van der Waals surface area contributed by atoms with Gasteiger partial charge < -0.3 is 14.7 Å². The van der Waals surface area contributed by atoms with Crippen LogP contribution in [0, 0.1) is 6.92 Å². The van der Waals surface area contributed by atoms with Crippen LogP contribution >= 0.6 is 0 Å². The number of methoxy groups -OCH3 is 1. The van der Waals surface area contributed by atoms with E-state index in [1.165, 1.54) is 11.9 Å². The molecule has 0 atom stereocenters. The molecule has 1 rings (SSSR count). The number of carboxylic acids is 1. The third-order valence-electron chi connectivity index (χ3n) is 2.61. The monoisotopic (exact) mass is 251 g/mol. The number of hydrogen-bond donors (Lipinski definition) is 1. The van der Waals surface area contributed by atoms with Crippen LogP contribution in [0.4, 0.5) is 0 Å². The number of aliphatic carboxylic acids is 1. The summed E-state index contributed by atoms with van der Waals surface area (Å²) in [4.78, 5) is 23.4. The van der Waals surface area contributed by atoms with Crippen molar-refractivity contribution in [2.75, 3.05) is 20.7 Å². The number of ether oxygens (including phenoxy) is 1. The molecule has 0 aliphatic rings. The molecule has 0 unspecified atom stereocenters. The maximum Gasteiger partial charge on any atom is 0.323 e. The lowest BCUT2D eigenvalue weighted by Crippen LogP contribution is -2.33. The Morgan fingerprint density at radius 3 is 2.56 bits per heavy atom. The Kier molecular flexibility index (Phi) is 4.71. The Bertz CT molecular complexity index is 456. The van der Waals surface area contributed by atoms with Crippen LogP contribution in [0.25, 0.3) is 0 Å². The van der Waals surface area contributed by atoms with Crippen LogP contribution in [-0.4, -0.2) is 42.6 Å². The Labute approximate surface area is 106 Å². The summed E-state index contributed by atoms with van der Waals surface area (Å²) in [7, 11) is 3.07. The van der Waals surface area contributed by atoms with Gasteiger partial charge in [-0.05, 0) is 24.1 Å². The first-order chi connectivity index (χ1) is 8.43. The van der Waals surface area contributed by atoms with E-state index in [4.69, 9.17) is 9.84 Å². The standard InChI is InChI=1S/C13H17NO4/c1-9-6-10(4-5-11(9)18-3)7-12(15)14(2)8-13(16)17/h4-6H,7-8H2,1-3H3,(H,16,17). The molecule has 5 heteroatoms. The molecule has 1 N–H and O–H groups in total. The van der Waals surface area contributed by atoms with E-state index in [2.05, 4.69) is 0 Å². The second-order valence-electron chi connectivity index (χ2n) is 4.12. The third kappa shape index (κ3) is 3.76. The van der Waals surface area contributed by atoms with Crippen molar-refractivity contribution in [1.82, 2.24) is 4.90 Å². The van der Waals surface area contributed by atoms with Gasteiger partial charge in [0.25, 0.3) is 0 Å². The van der Waals surface area contributed by atoms with Crippen molar-refractivity contribution in [3.63, 3.8) is 0 Å². The van der Waals surface area contributed by atoms with E-state index in [-0.39, 0.29) is 18.9 Å². The van der Waals surface area contributed by atoms with Crippen molar-refractivity contribution >= 4 is 11.9 Å². The first kappa shape index (κ1) is 14.0. The molecule has 0 radical (unpaired) electrons. The second-order valence-corrected chi connectivity index (χ2v) is 4.12. The van der Waals surface area contributed by atoms with E-state index in [1.54, 1.807) is 19.2 Å². The van der Waals surface area contributed by atoms with Crippen molar-refractivity contribution in [2.45, 2.75) is 13.3 Å². The van der Waals surface area contributed by atoms with Gasteiger partial charge in [-0.15, -0.1) is 0 Å². The van der Waals surface area contributed by atoms with Crippen molar-refractivity contribution in [3.05, 3.63) is 29.3 Å². The largest absolute Gasteiger partial charge is 0.496 e. The van der Waals surface area contributed by atoms with Crippen LogP contribution in [-0.2, 0) is 16.0 Å². The Morgan fingerprint density at radius 2 is 2.06 bits per heavy atom. The van der Waals surface area contributed by atoms with Crippen LogP contribution in [0.2, 0.25) is 0 Å². The molecule has 1 aromatic rings. The number of nitrogens with zero attached hydrogens (tertiary/aromatic N) is 1. The molecule has 98 valence electrons. The number of carbonyl (C=O) groups excluding carboxylic acids is 1. The average molecular weight is 251 g/mol. The molecule has 0 saturated carbocycles. The van der Waals surface area contributed by atoms with E-state index in [0.717, 1.165) is 16.9 Å². The predicted molar refractivity (Wildman–Crippen MR) is 66.7 cm³/mol. The van der Waals surface area contributed by atoms with E-state index >= 15 is 0 Å². The van der Waals surface area contributed by atoms with Crippen molar-refractivity contribution in [3.8, 4) is 5.75 Å². The molecule has 1 amide bonds. The number of carboxylic acid groups (broad SMARTS) is 1. The SMILES string of the molecule is COc1ccc(CC(=O)N(C)CC(=O)O)cc1C. The molecule has 18 heavy (non-hydrogen) atoms. The predicted octanol–water partition coefficient (Wildman–Crippen LogP) is 1.09. The number of carbonyl (C=O) groups is 2. The summed E-state index contributed by atoms with van der Waals surface area (Å²) < 4.78 is 5.13. The zero-order valence-electron chi connectivity index (χ0n) is 10.8. The molecule has 0 saturated heterocycles. The summed E-state index contributed by atoms with van der Waals surface area (Å²) in [5.74, 6) is -0.469. The number of hydrogen-bond acceptors (Lipinski definition) is 3. The van der Waals surface area contributed by atoms with Crippen LogP contribution in [0.15, 0.2) is 18.2 Å². The number of benzene rings is 1. The smallest absolute Gasteiger partial charge is 0.323 e. The van der Waals surface area contributed by atoms with Gasteiger partial charge in [0.1, 0.15) is 12.3 Å². The maximum atomic E-state index is 11.7. The summed E-state index contributed by atoms with van der Waals surface area (Å²) in [6.45, 7) is 1.61. The molecular formula is C13H17NO4. The normalized spacial score (nSPS) is 9.94. The zero-order valence-corrected chi connectivity index (χ0v) is 10.8. The average Bonchev–Trinajstić information content (AvgIpc) is 2.28. The summed E-state index contributed by atoms with van der Waals surface area (Å²) in [5, 5.41) is 8.60. The summed E-state index contributed by atoms with van der Waals surface area (Å²) in [6.07, 6.45) is 0.189. The maximum absolute atomic E-state index is 11.7. The minimum absolute atomic E-state index is 0.189. The van der Waals surface area contributed by atoms with Crippen LogP contribution in [0.3, 0.4) is 0 Å². The number of rotatable bonds is 5. The highest BCUT2D eigenvalue weighted by atomic mass is 16.5. The van der Waals surface area contributed by atoms with Gasteiger partial charge >= 0.3 is 5.97 Å². The fraction of sp³-hybridized carbons (Fsp3) is 0.385. The highest BCUT2D eigenvalue weighted by Gasteiger charge is 2.13. The highest BCUT2D eigenvalue weighted by molar-refractivity contribution is 5.82. The van der Waals surface area contributed by atoms with Gasteiger partial charge in [0.15, 0.2) is 0 Å². The minimum Gasteiger partial charge on any atom is -0.496 e. The van der Waals surface area contributed by atoms with Crippen LogP contribution in [0.1, 0.15) is 11.1 Å². The van der Waals surface area contributed by atoms with Gasteiger partial charge in [0.2, 0.25) is 5.91 Å². The second kappa shape index (κ2) is 6.05. The van der Waals surface area contributed by atoms with E-state index in [1.807, 2.05) is 13.0 Å². The van der Waals surface area contributed by atoms with Gasteiger partial charge in [-0.2, -0.15) is 0 Å². The quantitative estimate of drug-likeness (QED) is 0.850. The summed E-state index contributed by atoms with van der Waals surface area (Å²) in [5.41, 5.74) is 1.79. The topological polar surface area (TPSA) is 66.8 Å². The lowest BCUT2D eigenvalue weighted by molar-refractivity contribution is -0.143. The summed E-state index contributed by atoms with van der Waals surface area (Å²) >= 11 is 0. The molecule has 0 bridgehead atoms. The number of amides is 1. The summed E-state index contributed by atoms with van der Waals surface area (Å²) in [6, 6.07) is 5.47. The van der Waals surface area contributed by atoms with Gasteiger partial charge in [-0.25, -0.2) is 0 Å². The van der Waals surface area contributed by atoms with Crippen molar-refractivity contribution < 1.29 is 19.4 Å². The number of likely N-dealkylation sites (N-methyl/N-ethyl adjacent to an activating group) is 1. The zero-order chi connectivity index (χ0) is 13.7. The van der Waals surface area contributed by atoms with Crippen molar-refractivity contribution in [1.29, 1.82) is 0 Å². The Morgan fingerprint density at radius 1 is 1.39 bits per heavy atom. The molecule has 0 aliphatic carbocycles. The number of aryl methyl sites for hydroxylation is 1. The first-order valence-electron chi connectivity index (χ1n) is 5.53. The third-order valence-corrected chi connectivity index (χ3v) is 2.61. The van der Waals surface area contributed by atoms with Crippen LogP contribution in [0.5, 0.6) is 5.75 Å². The lowest BCUT2D eigenvalue weighted by atomic mass is 10.1. The Hall–Kier alpha value is -2.04. The Balaban J connectivity index is 2.70. The first-order valence-corrected chi connectivity index (χ1v) is 5.53. The minimum atomic E-state index is -1.02. The van der Waals surface area contributed by atoms with E-state index in [9.17, 15) is 9.59 Å². The van der Waals surface area contributed by atoms with E-state index < -0.39 is 5.97 Å². The highest BCUT2D eigenvalue weighted by Crippen LogP contribution is 2.18. The van der Waals surface area contributed by atoms with Gasteiger partial charge in [0, 0.05) is 7.05 Å². The van der Waals surface area contributed by atoms with Crippen molar-refractivity contribution in [2.24, 2.45) is 0 Å². The van der Waals surface area contributed by atoms with E-state index in [0.29, 0.717) is 0 Å². The molecule has 5 nitrogen and oxygen atoms in total. The fourth-order valence-electron chi connectivity index (χ4n) is 1.65. The molecule has 0 aliphatic heterocycles. The molecule has 0 spiro atoms. The van der Waals surface area contributed by atoms with Crippen LogP contribution < -0.4 is 4.74 Å².